The Morgan fingerprint density at radius 1 is 1.19 bits per heavy atom. The summed E-state index contributed by atoms with van der Waals surface area (Å²) in [5.74, 6) is 0.183. The first kappa shape index (κ1) is 17.3. The zero-order chi connectivity index (χ0) is 18.5. The van der Waals surface area contributed by atoms with E-state index in [4.69, 9.17) is 9.47 Å². The zero-order valence-corrected chi connectivity index (χ0v) is 14.5. The van der Waals surface area contributed by atoms with E-state index < -0.39 is 0 Å². The molecule has 1 amide bonds. The van der Waals surface area contributed by atoms with E-state index in [2.05, 4.69) is 10.5 Å². The number of aromatic hydroxyl groups is 1. The van der Waals surface area contributed by atoms with Gasteiger partial charge in [-0.05, 0) is 29.7 Å². The molecule has 0 atom stereocenters. The fraction of sp³-hybridized carbons (Fsp3) is 0.158. The van der Waals surface area contributed by atoms with Crippen LogP contribution in [0.4, 0.5) is 0 Å². The van der Waals surface area contributed by atoms with Crippen LogP contribution in [-0.4, -0.2) is 36.0 Å². The van der Waals surface area contributed by atoms with Crippen molar-refractivity contribution in [3.63, 3.8) is 0 Å². The first-order valence-electron chi connectivity index (χ1n) is 7.93. The summed E-state index contributed by atoms with van der Waals surface area (Å²) in [5.41, 5.74) is 4.09. The molecular formula is C19H19N3O4. The maximum atomic E-state index is 12.1. The van der Waals surface area contributed by atoms with E-state index in [9.17, 15) is 9.90 Å². The molecule has 0 aliphatic carbocycles. The molecule has 0 spiro atoms. The molecule has 0 aliphatic heterocycles. The third-order valence-electron chi connectivity index (χ3n) is 3.90. The zero-order valence-electron chi connectivity index (χ0n) is 14.5. The van der Waals surface area contributed by atoms with Crippen molar-refractivity contribution < 1.29 is 19.4 Å². The summed E-state index contributed by atoms with van der Waals surface area (Å²) in [6, 6.07) is 13.0. The highest BCUT2D eigenvalue weighted by molar-refractivity contribution is 5.85. The Hall–Kier alpha value is -3.48. The van der Waals surface area contributed by atoms with Crippen LogP contribution in [0.5, 0.6) is 17.2 Å². The Morgan fingerprint density at radius 2 is 1.88 bits per heavy atom. The number of nitrogens with zero attached hydrogens (tertiary/aromatic N) is 2. The monoisotopic (exact) mass is 353 g/mol. The van der Waals surface area contributed by atoms with E-state index in [1.807, 2.05) is 41.1 Å². The van der Waals surface area contributed by atoms with Crippen molar-refractivity contribution in [1.82, 2.24) is 9.99 Å². The maximum Gasteiger partial charge on any atom is 0.259 e. The highest BCUT2D eigenvalue weighted by Crippen LogP contribution is 2.36. The van der Waals surface area contributed by atoms with Gasteiger partial charge in [0.15, 0.2) is 11.5 Å². The summed E-state index contributed by atoms with van der Waals surface area (Å²) in [6.45, 7) is 0.160. The number of hydrogen-bond donors (Lipinski definition) is 2. The van der Waals surface area contributed by atoms with Crippen molar-refractivity contribution in [1.29, 1.82) is 0 Å². The van der Waals surface area contributed by atoms with Gasteiger partial charge in [-0.25, -0.2) is 5.43 Å². The minimum absolute atomic E-state index is 0.0873. The van der Waals surface area contributed by atoms with Crippen LogP contribution in [0.15, 0.2) is 53.8 Å². The molecule has 0 saturated heterocycles. The molecule has 1 aromatic heterocycles. The van der Waals surface area contributed by atoms with E-state index in [1.165, 1.54) is 20.4 Å². The summed E-state index contributed by atoms with van der Waals surface area (Å²) in [4.78, 5) is 12.1. The number of hydrogen-bond acceptors (Lipinski definition) is 5. The molecule has 0 aliphatic rings. The van der Waals surface area contributed by atoms with Gasteiger partial charge in [0, 0.05) is 17.3 Å². The lowest BCUT2D eigenvalue weighted by molar-refractivity contribution is -0.121. The number of ether oxygens (including phenoxy) is 2. The Kier molecular flexibility index (Phi) is 5.07. The van der Waals surface area contributed by atoms with E-state index in [-0.39, 0.29) is 29.7 Å². The summed E-state index contributed by atoms with van der Waals surface area (Å²) >= 11 is 0. The summed E-state index contributed by atoms with van der Waals surface area (Å²) in [5, 5.41) is 14.9. The van der Waals surface area contributed by atoms with Crippen LogP contribution in [0.3, 0.4) is 0 Å². The second kappa shape index (κ2) is 7.60. The number of carbonyl (C=O) groups excluding carboxylic acids is 1. The van der Waals surface area contributed by atoms with E-state index in [0.717, 1.165) is 10.9 Å². The maximum absolute atomic E-state index is 12.1. The number of benzene rings is 2. The molecule has 0 radical (unpaired) electrons. The van der Waals surface area contributed by atoms with Gasteiger partial charge in [-0.15, -0.1) is 0 Å². The first-order valence-corrected chi connectivity index (χ1v) is 7.93. The third kappa shape index (κ3) is 3.61. The quantitative estimate of drug-likeness (QED) is 0.527. The normalized spacial score (nSPS) is 11.0. The second-order valence-corrected chi connectivity index (χ2v) is 5.57. The number of rotatable bonds is 6. The smallest absolute Gasteiger partial charge is 0.259 e. The van der Waals surface area contributed by atoms with E-state index in [0.29, 0.717) is 5.56 Å². The van der Waals surface area contributed by atoms with Gasteiger partial charge >= 0.3 is 0 Å². The number of carbonyl (C=O) groups is 1. The fourth-order valence-electron chi connectivity index (χ4n) is 2.64. The van der Waals surface area contributed by atoms with Gasteiger partial charge in [0.25, 0.3) is 5.91 Å². The molecule has 2 aromatic carbocycles. The Morgan fingerprint density at radius 3 is 2.58 bits per heavy atom. The van der Waals surface area contributed by atoms with E-state index >= 15 is 0 Å². The molecule has 0 fully saturated rings. The average molecular weight is 353 g/mol. The first-order chi connectivity index (χ1) is 12.6. The minimum Gasteiger partial charge on any atom is -0.502 e. The number of amides is 1. The lowest BCUT2D eigenvalue weighted by Gasteiger charge is -2.09. The molecule has 0 saturated carbocycles. The van der Waals surface area contributed by atoms with Crippen molar-refractivity contribution in [3.8, 4) is 17.2 Å². The molecule has 134 valence electrons. The van der Waals surface area contributed by atoms with Gasteiger partial charge in [0.05, 0.1) is 20.4 Å². The third-order valence-corrected chi connectivity index (χ3v) is 3.90. The number of nitrogens with one attached hydrogen (secondary N) is 1. The lowest BCUT2D eigenvalue weighted by atomic mass is 10.2. The number of methoxy groups -OCH3 is 2. The van der Waals surface area contributed by atoms with Gasteiger partial charge in [0.1, 0.15) is 6.54 Å². The van der Waals surface area contributed by atoms with Crippen molar-refractivity contribution in [2.75, 3.05) is 14.2 Å². The van der Waals surface area contributed by atoms with Crippen LogP contribution < -0.4 is 14.9 Å². The predicted octanol–water partition coefficient (Wildman–Crippen LogP) is 2.51. The summed E-state index contributed by atoms with van der Waals surface area (Å²) < 4.78 is 12.0. The van der Waals surface area contributed by atoms with Crippen molar-refractivity contribution in [3.05, 3.63) is 54.2 Å². The molecular weight excluding hydrogens is 334 g/mol. The highest BCUT2D eigenvalue weighted by Gasteiger charge is 2.10. The van der Waals surface area contributed by atoms with Crippen LogP contribution in [0.1, 0.15) is 5.56 Å². The number of phenols is 1. The minimum atomic E-state index is -0.250. The van der Waals surface area contributed by atoms with Gasteiger partial charge in [-0.1, -0.05) is 18.2 Å². The summed E-state index contributed by atoms with van der Waals surface area (Å²) in [6.07, 6.45) is 3.32. The average Bonchev–Trinajstić information content (AvgIpc) is 3.05. The number of hydrazone groups is 1. The summed E-state index contributed by atoms with van der Waals surface area (Å²) in [7, 11) is 2.89. The Balaban J connectivity index is 1.67. The van der Waals surface area contributed by atoms with Crippen molar-refractivity contribution >= 4 is 23.0 Å². The molecule has 2 N–H and O–H groups in total. The molecule has 1 heterocycles. The molecule has 0 unspecified atom stereocenters. The molecule has 7 heteroatoms. The van der Waals surface area contributed by atoms with Gasteiger partial charge < -0.3 is 19.1 Å². The van der Waals surface area contributed by atoms with Crippen molar-refractivity contribution in [2.45, 2.75) is 6.54 Å². The molecule has 3 rings (SSSR count). The molecule has 0 bridgehead atoms. The number of para-hydroxylation sites is 1. The number of fused-ring (bicyclic) bond motifs is 1. The van der Waals surface area contributed by atoms with Crippen LogP contribution >= 0.6 is 0 Å². The van der Waals surface area contributed by atoms with Crippen LogP contribution in [0.2, 0.25) is 0 Å². The SMILES string of the molecule is COc1cc(/C=N/NC(=O)Cn2ccc3ccccc32)cc(OC)c1O. The van der Waals surface area contributed by atoms with Gasteiger partial charge in [0.2, 0.25) is 5.75 Å². The highest BCUT2D eigenvalue weighted by atomic mass is 16.5. The number of aromatic nitrogens is 1. The van der Waals surface area contributed by atoms with Crippen LogP contribution in [-0.2, 0) is 11.3 Å². The van der Waals surface area contributed by atoms with Crippen molar-refractivity contribution in [2.24, 2.45) is 5.10 Å². The topological polar surface area (TPSA) is 85.1 Å². The standard InChI is InChI=1S/C19H19N3O4/c1-25-16-9-13(10-17(26-2)19(16)24)11-20-21-18(23)12-22-8-7-14-5-3-4-6-15(14)22/h3-11,24H,12H2,1-2H3,(H,21,23)/b20-11+. The number of phenolic OH excluding ortho intramolecular Hbond substituents is 1. The molecule has 3 aromatic rings. The van der Waals surface area contributed by atoms with Crippen LogP contribution in [0.25, 0.3) is 10.9 Å². The molecule has 26 heavy (non-hydrogen) atoms. The van der Waals surface area contributed by atoms with Crippen LogP contribution in [0, 0.1) is 0 Å². The predicted molar refractivity (Wildman–Crippen MR) is 98.9 cm³/mol. The second-order valence-electron chi connectivity index (χ2n) is 5.57. The van der Waals surface area contributed by atoms with E-state index in [1.54, 1.807) is 12.1 Å². The Labute approximate surface area is 150 Å². The largest absolute Gasteiger partial charge is 0.502 e. The van der Waals surface area contributed by atoms with Gasteiger partial charge in [-0.3, -0.25) is 4.79 Å². The fourth-order valence-corrected chi connectivity index (χ4v) is 2.64. The lowest BCUT2D eigenvalue weighted by Crippen LogP contribution is -2.22. The Bertz CT molecular complexity index is 937. The van der Waals surface area contributed by atoms with Gasteiger partial charge in [-0.2, -0.15) is 5.10 Å². The molecule has 7 nitrogen and oxygen atoms in total.